The smallest absolute Gasteiger partial charge is 0.163 e. The van der Waals surface area contributed by atoms with Crippen molar-refractivity contribution in [1.82, 2.24) is 0 Å². The highest BCUT2D eigenvalue weighted by Gasteiger charge is 2.29. The fourth-order valence-corrected chi connectivity index (χ4v) is 3.51. The molecule has 0 aliphatic heterocycles. The molecule has 0 saturated carbocycles. The molecule has 0 radical (unpaired) electrons. The summed E-state index contributed by atoms with van der Waals surface area (Å²) >= 11 is 0. The van der Waals surface area contributed by atoms with Gasteiger partial charge in [0.25, 0.3) is 0 Å². The summed E-state index contributed by atoms with van der Waals surface area (Å²) in [5.74, 6) is -0.465. The molecule has 3 rings (SSSR count). The van der Waals surface area contributed by atoms with Gasteiger partial charge < -0.3 is 24.8 Å². The summed E-state index contributed by atoms with van der Waals surface area (Å²) in [6.45, 7) is 3.36. The molecule has 7 nitrogen and oxygen atoms in total. The number of aliphatic hydroxyl groups is 1. The van der Waals surface area contributed by atoms with Gasteiger partial charge in [-0.15, -0.1) is 0 Å². The van der Waals surface area contributed by atoms with Crippen LogP contribution in [-0.2, 0) is 15.2 Å². The fourth-order valence-electron chi connectivity index (χ4n) is 3.51. The van der Waals surface area contributed by atoms with E-state index in [1.165, 1.54) is 43.5 Å². The predicted octanol–water partition coefficient (Wildman–Crippen LogP) is 4.96. The van der Waals surface area contributed by atoms with Crippen LogP contribution in [0.15, 0.2) is 72.8 Å². The van der Waals surface area contributed by atoms with Crippen LogP contribution in [0.5, 0.6) is 23.0 Å². The number of aryl methyl sites for hydroxylation is 1. The van der Waals surface area contributed by atoms with Gasteiger partial charge in [0, 0.05) is 0 Å². The van der Waals surface area contributed by atoms with Crippen molar-refractivity contribution in [3.8, 4) is 23.0 Å². The van der Waals surface area contributed by atoms with Gasteiger partial charge >= 0.3 is 0 Å². The van der Waals surface area contributed by atoms with Gasteiger partial charge in [0.2, 0.25) is 0 Å². The Morgan fingerprint density at radius 3 is 1.86 bits per heavy atom. The number of hydrogen-bond acceptors (Lipinski definition) is 7. The third-order valence-corrected chi connectivity index (χ3v) is 5.76. The van der Waals surface area contributed by atoms with Gasteiger partial charge in [0.05, 0.1) is 20.1 Å². The number of aliphatic hydroxyl groups excluding tert-OH is 1. The Hall–Kier alpha value is -4.36. The molecule has 1 atom stereocenters. The third-order valence-electron chi connectivity index (χ3n) is 5.76. The van der Waals surface area contributed by atoms with Crippen molar-refractivity contribution < 1.29 is 34.4 Å². The van der Waals surface area contributed by atoms with E-state index in [1.807, 2.05) is 31.2 Å². The second kappa shape index (κ2) is 12.1. The van der Waals surface area contributed by atoms with Gasteiger partial charge in [-0.25, -0.2) is 0 Å². The van der Waals surface area contributed by atoms with Crippen molar-refractivity contribution >= 4 is 23.7 Å². The van der Waals surface area contributed by atoms with Crippen LogP contribution in [0.3, 0.4) is 0 Å². The largest absolute Gasteiger partial charge is 0.504 e. The molecule has 0 aliphatic rings. The molecule has 0 aliphatic carbocycles. The second-order valence-corrected chi connectivity index (χ2v) is 8.79. The average molecular weight is 503 g/mol. The Kier molecular flexibility index (Phi) is 8.87. The van der Waals surface area contributed by atoms with Crippen molar-refractivity contribution in [2.45, 2.75) is 25.9 Å². The lowest BCUT2D eigenvalue weighted by Crippen LogP contribution is -2.33. The number of phenols is 2. The Morgan fingerprint density at radius 2 is 1.35 bits per heavy atom. The number of ketones is 2. The van der Waals surface area contributed by atoms with Crippen molar-refractivity contribution in [2.24, 2.45) is 0 Å². The predicted molar refractivity (Wildman–Crippen MR) is 142 cm³/mol. The van der Waals surface area contributed by atoms with Gasteiger partial charge in [0.15, 0.2) is 40.2 Å². The van der Waals surface area contributed by atoms with Crippen molar-refractivity contribution in [3.63, 3.8) is 0 Å². The maximum Gasteiger partial charge on any atom is 0.163 e. The zero-order chi connectivity index (χ0) is 27.0. The fraction of sp³-hybridized carbons (Fsp3) is 0.200. The number of ether oxygens (including phenoxy) is 2. The first-order chi connectivity index (χ1) is 17.6. The van der Waals surface area contributed by atoms with E-state index in [0.29, 0.717) is 11.1 Å². The Labute approximate surface area is 215 Å². The van der Waals surface area contributed by atoms with Gasteiger partial charge in [-0.1, -0.05) is 54.1 Å². The minimum atomic E-state index is -1.09. The molecule has 192 valence electrons. The lowest BCUT2D eigenvalue weighted by Gasteiger charge is -2.30. The van der Waals surface area contributed by atoms with Crippen LogP contribution < -0.4 is 9.47 Å². The highest BCUT2D eigenvalue weighted by molar-refractivity contribution is 6.10. The molecule has 0 heterocycles. The summed E-state index contributed by atoms with van der Waals surface area (Å²) in [4.78, 5) is 24.5. The first-order valence-corrected chi connectivity index (χ1v) is 11.6. The monoisotopic (exact) mass is 502 g/mol. The number of rotatable bonds is 11. The average Bonchev–Trinajstić information content (AvgIpc) is 2.89. The number of methoxy groups -OCH3 is 1. The number of allylic oxidation sites excluding steroid dienone is 2. The third kappa shape index (κ3) is 7.32. The van der Waals surface area contributed by atoms with Crippen LogP contribution in [0.25, 0.3) is 12.2 Å². The minimum Gasteiger partial charge on any atom is -0.504 e. The molecular weight excluding hydrogens is 472 g/mol. The van der Waals surface area contributed by atoms with Crippen LogP contribution in [0.4, 0.5) is 0 Å². The number of benzene rings is 3. The molecule has 37 heavy (non-hydrogen) atoms. The molecule has 0 bridgehead atoms. The topological polar surface area (TPSA) is 113 Å². The highest BCUT2D eigenvalue weighted by Crippen LogP contribution is 2.35. The standard InChI is InChI=1S/C30H30O7/c1-20-4-10-23(11-5-20)30(2,19-31)37-29-17-22(9-15-27(29)35)7-13-25(33)18-24(32)12-6-21-8-14-26(34)28(16-21)36-3/h4-17,31,34-35H,18-19H2,1-3H3/b12-6+,13-7+. The van der Waals surface area contributed by atoms with Crippen LogP contribution in [0.2, 0.25) is 0 Å². The number of carbonyl (C=O) groups is 2. The van der Waals surface area contributed by atoms with E-state index in [0.717, 1.165) is 11.1 Å². The summed E-state index contributed by atoms with van der Waals surface area (Å²) in [6, 6.07) is 16.8. The number of aromatic hydroxyl groups is 2. The van der Waals surface area contributed by atoms with E-state index >= 15 is 0 Å². The summed E-state index contributed by atoms with van der Waals surface area (Å²) in [6.07, 6.45) is 5.33. The maximum atomic E-state index is 12.3. The van der Waals surface area contributed by atoms with E-state index in [1.54, 1.807) is 31.2 Å². The quantitative estimate of drug-likeness (QED) is 0.251. The van der Waals surface area contributed by atoms with Crippen LogP contribution in [0, 0.1) is 6.92 Å². The van der Waals surface area contributed by atoms with Gasteiger partial charge in [-0.3, -0.25) is 9.59 Å². The summed E-state index contributed by atoms with van der Waals surface area (Å²) in [5, 5.41) is 30.0. The van der Waals surface area contributed by atoms with E-state index in [4.69, 9.17) is 9.47 Å². The maximum absolute atomic E-state index is 12.3. The molecule has 0 amide bonds. The normalized spacial score (nSPS) is 13.0. The molecule has 1 unspecified atom stereocenters. The molecule has 0 aromatic heterocycles. The Bertz CT molecular complexity index is 1320. The van der Waals surface area contributed by atoms with Gasteiger partial charge in [-0.2, -0.15) is 0 Å². The van der Waals surface area contributed by atoms with Crippen LogP contribution in [-0.4, -0.2) is 40.6 Å². The zero-order valence-corrected chi connectivity index (χ0v) is 21.0. The molecule has 3 aromatic rings. The first-order valence-electron chi connectivity index (χ1n) is 11.6. The SMILES string of the molecule is COc1cc(/C=C/C(=O)CC(=O)/C=C/c2ccc(O)c(OC(C)(CO)c3ccc(C)cc3)c2)ccc1O. The van der Waals surface area contributed by atoms with E-state index in [9.17, 15) is 24.9 Å². The molecule has 0 saturated heterocycles. The number of hydrogen-bond donors (Lipinski definition) is 3. The van der Waals surface area contributed by atoms with E-state index < -0.39 is 11.4 Å². The van der Waals surface area contributed by atoms with Crippen molar-refractivity contribution in [3.05, 3.63) is 95.1 Å². The Balaban J connectivity index is 1.66. The molecule has 0 spiro atoms. The zero-order valence-electron chi connectivity index (χ0n) is 21.0. The Morgan fingerprint density at radius 1 is 0.838 bits per heavy atom. The van der Waals surface area contributed by atoms with Gasteiger partial charge in [-0.05, 0) is 67.0 Å². The molecule has 3 aromatic carbocycles. The van der Waals surface area contributed by atoms with Crippen molar-refractivity contribution in [2.75, 3.05) is 13.7 Å². The summed E-state index contributed by atoms with van der Waals surface area (Å²) in [5.41, 5.74) is 1.93. The second-order valence-electron chi connectivity index (χ2n) is 8.79. The molecular formula is C30H30O7. The lowest BCUT2D eigenvalue weighted by atomic mass is 9.95. The number of phenolic OH excluding ortho intramolecular Hbond substituents is 2. The van der Waals surface area contributed by atoms with Gasteiger partial charge in [0.1, 0.15) is 0 Å². The summed E-state index contributed by atoms with van der Waals surface area (Å²) < 4.78 is 11.0. The van der Waals surface area contributed by atoms with E-state index in [-0.39, 0.29) is 41.8 Å². The number of carbonyl (C=O) groups excluding carboxylic acids is 2. The molecule has 3 N–H and O–H groups in total. The van der Waals surface area contributed by atoms with Crippen molar-refractivity contribution in [1.29, 1.82) is 0 Å². The first kappa shape index (κ1) is 27.2. The van der Waals surface area contributed by atoms with E-state index in [2.05, 4.69) is 0 Å². The summed E-state index contributed by atoms with van der Waals surface area (Å²) in [7, 11) is 1.43. The lowest BCUT2D eigenvalue weighted by molar-refractivity contribution is -0.121. The minimum absolute atomic E-state index is 0.00906. The van der Waals surface area contributed by atoms with Crippen LogP contribution >= 0.6 is 0 Å². The molecule has 7 heteroatoms. The van der Waals surface area contributed by atoms with Crippen LogP contribution in [0.1, 0.15) is 35.6 Å². The highest BCUT2D eigenvalue weighted by atomic mass is 16.5. The molecule has 0 fully saturated rings.